The molecule has 0 atom stereocenters. The summed E-state index contributed by atoms with van der Waals surface area (Å²) in [6.07, 6.45) is 1.75. The lowest BCUT2D eigenvalue weighted by atomic mass is 10.1. The fourth-order valence-electron chi connectivity index (χ4n) is 2.12. The highest BCUT2D eigenvalue weighted by molar-refractivity contribution is 5.93. The maximum absolute atomic E-state index is 9.01. The van der Waals surface area contributed by atoms with Gasteiger partial charge in [-0.25, -0.2) is 0 Å². The molecule has 1 heterocycles. The van der Waals surface area contributed by atoms with Crippen LogP contribution in [0.3, 0.4) is 0 Å². The van der Waals surface area contributed by atoms with E-state index in [1.165, 1.54) is 0 Å². The van der Waals surface area contributed by atoms with Crippen molar-refractivity contribution in [1.29, 1.82) is 5.26 Å². The molecule has 4 nitrogen and oxygen atoms in total. The molecule has 96 valence electrons. The number of hydrogen-bond donors (Lipinski definition) is 2. The molecular formula is C16H12N4. The third kappa shape index (κ3) is 2.02. The first kappa shape index (κ1) is 12.0. The number of para-hydroxylation sites is 2. The predicted octanol–water partition coefficient (Wildman–Crippen LogP) is 3.43. The number of nitriles is 1. The van der Waals surface area contributed by atoms with E-state index in [2.05, 4.69) is 16.4 Å². The van der Waals surface area contributed by atoms with E-state index in [1.807, 2.05) is 36.4 Å². The second-order valence-corrected chi connectivity index (χ2v) is 4.38. The summed E-state index contributed by atoms with van der Waals surface area (Å²) in [5, 5.41) is 13.3. The molecule has 2 aromatic carbocycles. The van der Waals surface area contributed by atoms with Crippen LogP contribution < -0.4 is 11.1 Å². The summed E-state index contributed by atoms with van der Waals surface area (Å²) in [6, 6.07) is 17.2. The summed E-state index contributed by atoms with van der Waals surface area (Å²) >= 11 is 0. The van der Waals surface area contributed by atoms with Crippen LogP contribution in [-0.4, -0.2) is 4.98 Å². The van der Waals surface area contributed by atoms with E-state index in [0.29, 0.717) is 16.9 Å². The van der Waals surface area contributed by atoms with Gasteiger partial charge in [0.15, 0.2) is 0 Å². The van der Waals surface area contributed by atoms with Crippen LogP contribution in [0.15, 0.2) is 54.7 Å². The van der Waals surface area contributed by atoms with Gasteiger partial charge in [0, 0.05) is 11.6 Å². The molecule has 0 aliphatic heterocycles. The highest BCUT2D eigenvalue weighted by Gasteiger charge is 2.07. The van der Waals surface area contributed by atoms with Crippen molar-refractivity contribution < 1.29 is 0 Å². The standard InChI is InChI=1S/C16H12N4/c17-10-12-5-2-7-13(15(12)18)20-14-8-1-4-11-6-3-9-19-16(11)14/h1-9,20H,18H2. The normalized spacial score (nSPS) is 10.2. The molecule has 0 unspecified atom stereocenters. The van der Waals surface area contributed by atoms with Crippen molar-refractivity contribution >= 4 is 28.0 Å². The van der Waals surface area contributed by atoms with Crippen molar-refractivity contribution in [2.45, 2.75) is 0 Å². The summed E-state index contributed by atoms with van der Waals surface area (Å²) in [5.74, 6) is 0. The smallest absolute Gasteiger partial charge is 0.101 e. The van der Waals surface area contributed by atoms with E-state index in [-0.39, 0.29) is 0 Å². The van der Waals surface area contributed by atoms with E-state index < -0.39 is 0 Å². The van der Waals surface area contributed by atoms with E-state index in [0.717, 1.165) is 16.6 Å². The first-order valence-electron chi connectivity index (χ1n) is 6.19. The number of nitrogens with zero attached hydrogens (tertiary/aromatic N) is 2. The van der Waals surface area contributed by atoms with Crippen LogP contribution in [0.1, 0.15) is 5.56 Å². The first-order valence-corrected chi connectivity index (χ1v) is 6.19. The van der Waals surface area contributed by atoms with Crippen LogP contribution in [0.5, 0.6) is 0 Å². The van der Waals surface area contributed by atoms with E-state index in [1.54, 1.807) is 18.3 Å². The van der Waals surface area contributed by atoms with Crippen LogP contribution in [0.4, 0.5) is 17.1 Å². The van der Waals surface area contributed by atoms with Crippen LogP contribution in [0.2, 0.25) is 0 Å². The molecule has 1 aromatic heterocycles. The van der Waals surface area contributed by atoms with Crippen molar-refractivity contribution in [1.82, 2.24) is 4.98 Å². The lowest BCUT2D eigenvalue weighted by molar-refractivity contribution is 1.40. The van der Waals surface area contributed by atoms with Gasteiger partial charge in [-0.2, -0.15) is 5.26 Å². The molecule has 0 spiro atoms. The third-order valence-electron chi connectivity index (χ3n) is 3.13. The van der Waals surface area contributed by atoms with Crippen molar-refractivity contribution in [3.05, 3.63) is 60.3 Å². The largest absolute Gasteiger partial charge is 0.396 e. The summed E-state index contributed by atoms with van der Waals surface area (Å²) < 4.78 is 0. The monoisotopic (exact) mass is 260 g/mol. The van der Waals surface area contributed by atoms with Gasteiger partial charge in [-0.05, 0) is 24.3 Å². The zero-order chi connectivity index (χ0) is 13.9. The molecule has 20 heavy (non-hydrogen) atoms. The van der Waals surface area contributed by atoms with Gasteiger partial charge in [-0.3, -0.25) is 4.98 Å². The molecule has 0 bridgehead atoms. The van der Waals surface area contributed by atoms with Crippen LogP contribution >= 0.6 is 0 Å². The highest BCUT2D eigenvalue weighted by atomic mass is 14.9. The molecule has 0 radical (unpaired) electrons. The number of pyridine rings is 1. The lowest BCUT2D eigenvalue weighted by Gasteiger charge is -2.11. The highest BCUT2D eigenvalue weighted by Crippen LogP contribution is 2.29. The zero-order valence-electron chi connectivity index (χ0n) is 10.7. The Balaban J connectivity index is 2.09. The Labute approximate surface area is 116 Å². The van der Waals surface area contributed by atoms with Gasteiger partial charge < -0.3 is 11.1 Å². The number of rotatable bonds is 2. The molecule has 0 fully saturated rings. The maximum Gasteiger partial charge on any atom is 0.101 e. The van der Waals surface area contributed by atoms with Gasteiger partial charge in [0.25, 0.3) is 0 Å². The molecule has 0 aliphatic rings. The Bertz CT molecular complexity index is 813. The summed E-state index contributed by atoms with van der Waals surface area (Å²) in [7, 11) is 0. The van der Waals surface area contributed by atoms with Gasteiger partial charge in [0.05, 0.1) is 28.1 Å². The average Bonchev–Trinajstić information content (AvgIpc) is 2.50. The van der Waals surface area contributed by atoms with Crippen molar-refractivity contribution in [2.24, 2.45) is 0 Å². The van der Waals surface area contributed by atoms with E-state index in [4.69, 9.17) is 11.0 Å². The minimum Gasteiger partial charge on any atom is -0.396 e. The average molecular weight is 260 g/mol. The first-order chi connectivity index (χ1) is 9.79. The topological polar surface area (TPSA) is 74.7 Å². The summed E-state index contributed by atoms with van der Waals surface area (Å²) in [6.45, 7) is 0. The van der Waals surface area contributed by atoms with Crippen LogP contribution in [0.25, 0.3) is 10.9 Å². The molecule has 3 N–H and O–H groups in total. The molecule has 3 aromatic rings. The SMILES string of the molecule is N#Cc1cccc(Nc2cccc3cccnc23)c1N. The molecule has 0 amide bonds. The van der Waals surface area contributed by atoms with Gasteiger partial charge in [-0.15, -0.1) is 0 Å². The Morgan fingerprint density at radius 3 is 2.60 bits per heavy atom. The van der Waals surface area contributed by atoms with E-state index in [9.17, 15) is 0 Å². The predicted molar refractivity (Wildman–Crippen MR) is 80.6 cm³/mol. The molecular weight excluding hydrogens is 248 g/mol. The third-order valence-corrected chi connectivity index (χ3v) is 3.13. The Hall–Kier alpha value is -3.06. The Morgan fingerprint density at radius 2 is 1.75 bits per heavy atom. The van der Waals surface area contributed by atoms with Gasteiger partial charge in [-0.1, -0.05) is 24.3 Å². The number of aromatic nitrogens is 1. The Morgan fingerprint density at radius 1 is 1.00 bits per heavy atom. The maximum atomic E-state index is 9.01. The number of benzene rings is 2. The van der Waals surface area contributed by atoms with Gasteiger partial charge in [0.2, 0.25) is 0 Å². The lowest BCUT2D eigenvalue weighted by Crippen LogP contribution is -1.99. The van der Waals surface area contributed by atoms with Gasteiger partial charge in [0.1, 0.15) is 6.07 Å². The fourth-order valence-corrected chi connectivity index (χ4v) is 2.12. The quantitative estimate of drug-likeness (QED) is 0.692. The molecule has 0 aliphatic carbocycles. The zero-order valence-corrected chi connectivity index (χ0v) is 10.7. The van der Waals surface area contributed by atoms with Crippen molar-refractivity contribution in [3.63, 3.8) is 0 Å². The number of nitrogens with two attached hydrogens (primary N) is 1. The molecule has 3 rings (SSSR count). The number of anilines is 3. The van der Waals surface area contributed by atoms with Crippen LogP contribution in [-0.2, 0) is 0 Å². The summed E-state index contributed by atoms with van der Waals surface area (Å²) in [5.41, 5.74) is 9.34. The fraction of sp³-hybridized carbons (Fsp3) is 0. The minimum atomic E-state index is 0.447. The number of nitrogens with one attached hydrogen (secondary N) is 1. The van der Waals surface area contributed by atoms with Gasteiger partial charge >= 0.3 is 0 Å². The number of nitrogen functional groups attached to an aromatic ring is 1. The number of fused-ring (bicyclic) bond motifs is 1. The van der Waals surface area contributed by atoms with E-state index >= 15 is 0 Å². The van der Waals surface area contributed by atoms with Crippen molar-refractivity contribution in [3.8, 4) is 6.07 Å². The van der Waals surface area contributed by atoms with Crippen LogP contribution in [0, 0.1) is 11.3 Å². The second kappa shape index (κ2) is 4.90. The second-order valence-electron chi connectivity index (χ2n) is 4.38. The van der Waals surface area contributed by atoms with Crippen molar-refractivity contribution in [2.75, 3.05) is 11.1 Å². The minimum absolute atomic E-state index is 0.447. The summed E-state index contributed by atoms with van der Waals surface area (Å²) in [4.78, 5) is 4.38. The molecule has 4 heteroatoms. The molecule has 0 saturated heterocycles. The molecule has 0 saturated carbocycles. The number of hydrogen-bond acceptors (Lipinski definition) is 4. The Kier molecular flexibility index (Phi) is 2.94.